The molecule has 0 bridgehead atoms. The summed E-state index contributed by atoms with van der Waals surface area (Å²) in [6, 6.07) is 16.1. The number of carbonyl (C=O) groups is 1. The van der Waals surface area contributed by atoms with Crippen molar-refractivity contribution in [3.8, 4) is 23.0 Å². The summed E-state index contributed by atoms with van der Waals surface area (Å²) in [5, 5.41) is 0. The molecule has 0 unspecified atom stereocenters. The minimum atomic E-state index is -3.91. The summed E-state index contributed by atoms with van der Waals surface area (Å²) in [6.07, 6.45) is 0. The molecular weight excluding hydrogens is 472 g/mol. The number of carbonyl (C=O) groups excluding carboxylic acids is 1. The van der Waals surface area contributed by atoms with Gasteiger partial charge in [0.05, 0.1) is 19.1 Å². The number of benzene rings is 3. The van der Waals surface area contributed by atoms with Crippen molar-refractivity contribution in [2.45, 2.75) is 11.4 Å². The van der Waals surface area contributed by atoms with Gasteiger partial charge in [-0.05, 0) is 42.5 Å². The normalized spacial score (nSPS) is 12.5. The Balaban J connectivity index is 1.50. The fraction of sp³-hybridized carbons (Fsp3) is 0.240. The van der Waals surface area contributed by atoms with Crippen molar-refractivity contribution in [3.63, 3.8) is 0 Å². The first kappa shape index (κ1) is 24.2. The number of amides is 1. The molecule has 3 aromatic rings. The van der Waals surface area contributed by atoms with Crippen molar-refractivity contribution >= 4 is 21.6 Å². The maximum atomic E-state index is 13.1. The predicted molar refractivity (Wildman–Crippen MR) is 130 cm³/mol. The van der Waals surface area contributed by atoms with Crippen LogP contribution in [0.3, 0.4) is 0 Å². The van der Waals surface area contributed by atoms with Gasteiger partial charge in [-0.1, -0.05) is 6.07 Å². The molecule has 1 aliphatic heterocycles. The fourth-order valence-corrected chi connectivity index (χ4v) is 4.72. The third-order valence-electron chi connectivity index (χ3n) is 5.43. The highest BCUT2D eigenvalue weighted by Crippen LogP contribution is 2.33. The molecule has 184 valence electrons. The van der Waals surface area contributed by atoms with Crippen LogP contribution in [0.25, 0.3) is 0 Å². The molecule has 35 heavy (non-hydrogen) atoms. The van der Waals surface area contributed by atoms with E-state index in [1.54, 1.807) is 57.7 Å². The molecule has 0 spiro atoms. The molecule has 0 atom stereocenters. The summed E-state index contributed by atoms with van der Waals surface area (Å²) >= 11 is 0. The maximum absolute atomic E-state index is 13.1. The third kappa shape index (κ3) is 5.43. The number of hydrogen-bond donors (Lipinski definition) is 1. The molecular formula is C25H26N2O7S. The quantitative estimate of drug-likeness (QED) is 0.507. The van der Waals surface area contributed by atoms with E-state index in [0.717, 1.165) is 5.56 Å². The largest absolute Gasteiger partial charge is 0.497 e. The number of fused-ring (bicyclic) bond motifs is 1. The van der Waals surface area contributed by atoms with Crippen LogP contribution in [0.4, 0.5) is 5.69 Å². The highest BCUT2D eigenvalue weighted by molar-refractivity contribution is 7.92. The van der Waals surface area contributed by atoms with Gasteiger partial charge in [0.2, 0.25) is 0 Å². The molecule has 10 heteroatoms. The Morgan fingerprint density at radius 3 is 2.49 bits per heavy atom. The Kier molecular flexibility index (Phi) is 7.02. The number of sulfonamides is 1. The van der Waals surface area contributed by atoms with Crippen LogP contribution in [-0.2, 0) is 16.6 Å². The lowest BCUT2D eigenvalue weighted by Crippen LogP contribution is -2.26. The van der Waals surface area contributed by atoms with E-state index in [9.17, 15) is 13.2 Å². The van der Waals surface area contributed by atoms with E-state index in [2.05, 4.69) is 4.72 Å². The Bertz CT molecular complexity index is 1340. The van der Waals surface area contributed by atoms with Gasteiger partial charge in [-0.3, -0.25) is 9.52 Å². The van der Waals surface area contributed by atoms with Gasteiger partial charge >= 0.3 is 0 Å². The summed E-state index contributed by atoms with van der Waals surface area (Å²) < 4.78 is 50.0. The van der Waals surface area contributed by atoms with Crippen LogP contribution < -0.4 is 23.7 Å². The van der Waals surface area contributed by atoms with Crippen molar-refractivity contribution < 1.29 is 32.2 Å². The molecule has 0 radical (unpaired) electrons. The maximum Gasteiger partial charge on any atom is 0.262 e. The van der Waals surface area contributed by atoms with Crippen molar-refractivity contribution in [2.75, 3.05) is 39.2 Å². The van der Waals surface area contributed by atoms with Crippen LogP contribution in [0.2, 0.25) is 0 Å². The Labute approximate surface area is 204 Å². The predicted octanol–water partition coefficient (Wildman–Crippen LogP) is 3.55. The second-order valence-electron chi connectivity index (χ2n) is 7.83. The average molecular weight is 499 g/mol. The van der Waals surface area contributed by atoms with E-state index >= 15 is 0 Å². The number of ether oxygens (including phenoxy) is 4. The number of nitrogens with one attached hydrogen (secondary N) is 1. The standard InChI is InChI=1S/C25H26N2O7S/c1-27(16-18-7-8-20(31-2)14-23(18)32-3)25(28)17-5-4-6-19(13-17)26-35(29,30)21-9-10-22-24(15-21)34-12-11-33-22/h4-10,13-15,26H,11-12,16H2,1-3H3. The van der Waals surface area contributed by atoms with Gasteiger partial charge in [-0.15, -0.1) is 0 Å². The van der Waals surface area contributed by atoms with Crippen LogP contribution in [0.5, 0.6) is 23.0 Å². The number of methoxy groups -OCH3 is 2. The fourth-order valence-electron chi connectivity index (χ4n) is 3.65. The minimum Gasteiger partial charge on any atom is -0.497 e. The SMILES string of the molecule is COc1ccc(CN(C)C(=O)c2cccc(NS(=O)(=O)c3ccc4c(c3)OCCO4)c2)c(OC)c1. The molecule has 0 saturated heterocycles. The summed E-state index contributed by atoms with van der Waals surface area (Å²) in [7, 11) is 0.874. The molecule has 1 N–H and O–H groups in total. The Morgan fingerprint density at radius 2 is 1.74 bits per heavy atom. The highest BCUT2D eigenvalue weighted by Gasteiger charge is 2.21. The van der Waals surface area contributed by atoms with E-state index in [1.165, 1.54) is 23.1 Å². The zero-order valence-corrected chi connectivity index (χ0v) is 20.4. The summed E-state index contributed by atoms with van der Waals surface area (Å²) in [6.45, 7) is 1.06. The summed E-state index contributed by atoms with van der Waals surface area (Å²) in [5.41, 5.74) is 1.41. The zero-order valence-electron chi connectivity index (χ0n) is 19.6. The van der Waals surface area contributed by atoms with E-state index in [-0.39, 0.29) is 16.5 Å². The van der Waals surface area contributed by atoms with Gasteiger partial charge in [0.25, 0.3) is 15.9 Å². The van der Waals surface area contributed by atoms with E-state index in [4.69, 9.17) is 18.9 Å². The zero-order chi connectivity index (χ0) is 25.0. The third-order valence-corrected chi connectivity index (χ3v) is 6.81. The molecule has 3 aromatic carbocycles. The molecule has 4 rings (SSSR count). The van der Waals surface area contributed by atoms with Crippen LogP contribution in [0.1, 0.15) is 15.9 Å². The van der Waals surface area contributed by atoms with E-state index < -0.39 is 10.0 Å². The first-order valence-electron chi connectivity index (χ1n) is 10.8. The first-order chi connectivity index (χ1) is 16.8. The molecule has 1 aliphatic rings. The minimum absolute atomic E-state index is 0.0298. The number of hydrogen-bond acceptors (Lipinski definition) is 7. The van der Waals surface area contributed by atoms with Gasteiger partial charge in [-0.25, -0.2) is 8.42 Å². The van der Waals surface area contributed by atoms with E-state index in [0.29, 0.717) is 48.3 Å². The van der Waals surface area contributed by atoms with Crippen molar-refractivity contribution in [2.24, 2.45) is 0 Å². The van der Waals surface area contributed by atoms with Crippen molar-refractivity contribution in [1.29, 1.82) is 0 Å². The smallest absolute Gasteiger partial charge is 0.262 e. The van der Waals surface area contributed by atoms with Crippen molar-refractivity contribution in [3.05, 3.63) is 71.8 Å². The van der Waals surface area contributed by atoms with Crippen LogP contribution >= 0.6 is 0 Å². The molecule has 0 saturated carbocycles. The molecule has 9 nitrogen and oxygen atoms in total. The molecule has 1 heterocycles. The van der Waals surface area contributed by atoms with Gasteiger partial charge in [0.15, 0.2) is 11.5 Å². The van der Waals surface area contributed by atoms with Gasteiger partial charge in [-0.2, -0.15) is 0 Å². The first-order valence-corrected chi connectivity index (χ1v) is 12.3. The number of anilines is 1. The monoisotopic (exact) mass is 498 g/mol. The molecule has 0 fully saturated rings. The lowest BCUT2D eigenvalue weighted by atomic mass is 10.1. The van der Waals surface area contributed by atoms with Gasteiger partial charge in [0, 0.05) is 42.5 Å². The molecule has 0 aliphatic carbocycles. The summed E-state index contributed by atoms with van der Waals surface area (Å²) in [4.78, 5) is 14.6. The highest BCUT2D eigenvalue weighted by atomic mass is 32.2. The lowest BCUT2D eigenvalue weighted by Gasteiger charge is -2.20. The molecule has 1 amide bonds. The van der Waals surface area contributed by atoms with Crippen molar-refractivity contribution in [1.82, 2.24) is 4.90 Å². The van der Waals surface area contributed by atoms with E-state index in [1.807, 2.05) is 6.07 Å². The Hall–Kier alpha value is -3.92. The van der Waals surface area contributed by atoms with Crippen LogP contribution in [0, 0.1) is 0 Å². The number of nitrogens with zero attached hydrogens (tertiary/aromatic N) is 1. The Morgan fingerprint density at radius 1 is 0.971 bits per heavy atom. The summed E-state index contributed by atoms with van der Waals surface area (Å²) in [5.74, 6) is 1.85. The molecule has 0 aromatic heterocycles. The average Bonchev–Trinajstić information content (AvgIpc) is 2.88. The van der Waals surface area contributed by atoms with Crippen LogP contribution in [-0.4, -0.2) is 53.7 Å². The van der Waals surface area contributed by atoms with Gasteiger partial charge in [0.1, 0.15) is 24.7 Å². The van der Waals surface area contributed by atoms with Crippen LogP contribution in [0.15, 0.2) is 65.6 Å². The van der Waals surface area contributed by atoms with Gasteiger partial charge < -0.3 is 23.8 Å². The lowest BCUT2D eigenvalue weighted by molar-refractivity contribution is 0.0784. The second-order valence-corrected chi connectivity index (χ2v) is 9.51. The number of rotatable bonds is 8. The topological polar surface area (TPSA) is 103 Å². The second kappa shape index (κ2) is 10.1.